The molecule has 1 saturated carbocycles. The van der Waals surface area contributed by atoms with Crippen molar-refractivity contribution < 1.29 is 14.3 Å². The maximum atomic E-state index is 12.2. The van der Waals surface area contributed by atoms with Gasteiger partial charge in [0.15, 0.2) is 5.13 Å². The zero-order valence-electron chi connectivity index (χ0n) is 23.4. The van der Waals surface area contributed by atoms with Crippen LogP contribution in [0.2, 0.25) is 0 Å². The number of methoxy groups -OCH3 is 1. The zero-order valence-corrected chi connectivity index (χ0v) is 24.2. The van der Waals surface area contributed by atoms with Crippen LogP contribution in [0.25, 0.3) is 16.3 Å². The van der Waals surface area contributed by atoms with Gasteiger partial charge in [0.2, 0.25) is 5.91 Å². The number of benzene rings is 1. The highest BCUT2D eigenvalue weighted by Gasteiger charge is 2.37. The summed E-state index contributed by atoms with van der Waals surface area (Å²) in [7, 11) is 3.90. The van der Waals surface area contributed by atoms with Crippen LogP contribution < -0.4 is 10.6 Å². The molecule has 212 valence electrons. The Morgan fingerprint density at radius 3 is 2.80 bits per heavy atom. The Hall–Kier alpha value is -3.12. The standard InChI is InChI=1S/C29H37N7O3S/c1-29(38-3)17-21-23(16-25(29)39-14-4-9-36-12-10-35(2)11-13-36)30-18-31-26(21)34-28-33-22-8-7-20(15-24(22)40-28)32-27(37)19-5-6-19/h7-8,15-16,18-19H,4-6,9-14,17H2,1-3H3,(H,32,37)(H,30,31,33,34). The number of nitrogens with zero attached hydrogens (tertiary/aromatic N) is 5. The number of hydrogen-bond acceptors (Lipinski definition) is 10. The van der Waals surface area contributed by atoms with Gasteiger partial charge in [-0.05, 0) is 51.4 Å². The molecule has 40 heavy (non-hydrogen) atoms. The van der Waals surface area contributed by atoms with Crippen molar-refractivity contribution in [3.05, 3.63) is 41.5 Å². The van der Waals surface area contributed by atoms with E-state index in [1.54, 1.807) is 13.4 Å². The Balaban J connectivity index is 1.14. The summed E-state index contributed by atoms with van der Waals surface area (Å²) in [4.78, 5) is 30.9. The first-order valence-corrected chi connectivity index (χ1v) is 14.9. The summed E-state index contributed by atoms with van der Waals surface area (Å²) in [5.41, 5.74) is 2.84. The van der Waals surface area contributed by atoms with Crippen molar-refractivity contribution in [1.29, 1.82) is 0 Å². The third-order valence-corrected chi connectivity index (χ3v) is 8.97. The van der Waals surface area contributed by atoms with Crippen LogP contribution in [0.3, 0.4) is 0 Å². The summed E-state index contributed by atoms with van der Waals surface area (Å²) < 4.78 is 13.3. The third-order valence-electron chi connectivity index (χ3n) is 8.03. The minimum Gasteiger partial charge on any atom is -0.495 e. The van der Waals surface area contributed by atoms with E-state index in [4.69, 9.17) is 14.5 Å². The lowest BCUT2D eigenvalue weighted by atomic mass is 9.87. The van der Waals surface area contributed by atoms with Crippen LogP contribution in [-0.4, -0.2) is 89.7 Å². The number of thiazole rings is 1. The van der Waals surface area contributed by atoms with Crippen molar-refractivity contribution in [2.24, 2.45) is 5.92 Å². The quantitative estimate of drug-likeness (QED) is 0.352. The van der Waals surface area contributed by atoms with Crippen molar-refractivity contribution in [2.75, 3.05) is 64.1 Å². The van der Waals surface area contributed by atoms with E-state index in [9.17, 15) is 4.79 Å². The third kappa shape index (κ3) is 5.97. The Morgan fingerprint density at radius 2 is 2.02 bits per heavy atom. The van der Waals surface area contributed by atoms with E-state index in [0.717, 1.165) is 90.0 Å². The molecule has 11 heteroatoms. The highest BCUT2D eigenvalue weighted by Crippen LogP contribution is 2.38. The van der Waals surface area contributed by atoms with Crippen LogP contribution in [0.15, 0.2) is 30.3 Å². The largest absolute Gasteiger partial charge is 0.495 e. The van der Waals surface area contributed by atoms with Gasteiger partial charge >= 0.3 is 0 Å². The van der Waals surface area contributed by atoms with Crippen molar-refractivity contribution in [1.82, 2.24) is 24.8 Å². The highest BCUT2D eigenvalue weighted by atomic mass is 32.1. The minimum absolute atomic E-state index is 0.0995. The molecule has 2 N–H and O–H groups in total. The summed E-state index contributed by atoms with van der Waals surface area (Å²) in [6.07, 6.45) is 7.05. The average Bonchev–Trinajstić information content (AvgIpc) is 3.73. The monoisotopic (exact) mass is 563 g/mol. The molecular formula is C29H37N7O3S. The Kier molecular flexibility index (Phi) is 7.71. The van der Waals surface area contributed by atoms with Gasteiger partial charge in [-0.2, -0.15) is 0 Å². The fraction of sp³-hybridized carbons (Fsp3) is 0.517. The van der Waals surface area contributed by atoms with Crippen molar-refractivity contribution in [3.63, 3.8) is 0 Å². The second-order valence-corrected chi connectivity index (χ2v) is 12.2. The molecule has 1 saturated heterocycles. The van der Waals surface area contributed by atoms with Gasteiger partial charge in [-0.3, -0.25) is 4.79 Å². The summed E-state index contributed by atoms with van der Waals surface area (Å²) in [6, 6.07) is 5.82. The number of likely N-dealkylation sites (N-methyl/N-ethyl adjacent to an activating group) is 1. The van der Waals surface area contributed by atoms with E-state index < -0.39 is 5.60 Å². The molecule has 1 unspecified atom stereocenters. The van der Waals surface area contributed by atoms with Gasteiger partial charge in [-0.1, -0.05) is 11.3 Å². The number of hydrogen-bond donors (Lipinski definition) is 2. The fourth-order valence-corrected chi connectivity index (χ4v) is 6.09. The first-order valence-electron chi connectivity index (χ1n) is 14.0. The maximum absolute atomic E-state index is 12.2. The number of rotatable bonds is 10. The lowest BCUT2D eigenvalue weighted by molar-refractivity contribution is -0.117. The lowest BCUT2D eigenvalue weighted by Gasteiger charge is -2.35. The molecule has 3 aromatic rings. The van der Waals surface area contributed by atoms with E-state index in [-0.39, 0.29) is 11.8 Å². The van der Waals surface area contributed by atoms with Crippen LogP contribution >= 0.6 is 11.3 Å². The number of ether oxygens (including phenoxy) is 2. The molecule has 3 aliphatic rings. The van der Waals surface area contributed by atoms with Crippen LogP contribution in [0.4, 0.5) is 16.6 Å². The van der Waals surface area contributed by atoms with E-state index in [0.29, 0.717) is 18.8 Å². The SMILES string of the molecule is COC1(C)Cc2c(ncnc2Nc2nc3ccc(NC(=O)C4CC4)cc3s2)C=C1OCCCN1CCN(C)CC1. The molecule has 0 radical (unpaired) electrons. The molecule has 2 fully saturated rings. The molecule has 10 nitrogen and oxygen atoms in total. The van der Waals surface area contributed by atoms with Gasteiger partial charge in [0, 0.05) is 69.5 Å². The first-order chi connectivity index (χ1) is 19.4. The number of amides is 1. The zero-order chi connectivity index (χ0) is 27.7. The van der Waals surface area contributed by atoms with E-state index in [2.05, 4.69) is 37.4 Å². The number of piperazine rings is 1. The molecule has 0 spiro atoms. The molecule has 6 rings (SSSR count). The maximum Gasteiger partial charge on any atom is 0.227 e. The second kappa shape index (κ2) is 11.4. The minimum atomic E-state index is -0.621. The van der Waals surface area contributed by atoms with Crippen molar-refractivity contribution in [2.45, 2.75) is 38.2 Å². The molecule has 2 aromatic heterocycles. The van der Waals surface area contributed by atoms with Gasteiger partial charge < -0.3 is 29.9 Å². The highest BCUT2D eigenvalue weighted by molar-refractivity contribution is 7.22. The Morgan fingerprint density at radius 1 is 1.20 bits per heavy atom. The smallest absolute Gasteiger partial charge is 0.227 e. The summed E-state index contributed by atoms with van der Waals surface area (Å²) in [5, 5.41) is 7.16. The van der Waals surface area contributed by atoms with E-state index >= 15 is 0 Å². The lowest BCUT2D eigenvalue weighted by Crippen LogP contribution is -2.44. The van der Waals surface area contributed by atoms with Gasteiger partial charge in [-0.15, -0.1) is 0 Å². The van der Waals surface area contributed by atoms with E-state index in [1.807, 2.05) is 31.2 Å². The van der Waals surface area contributed by atoms with E-state index in [1.165, 1.54) is 11.3 Å². The molecule has 3 heterocycles. The predicted molar refractivity (Wildman–Crippen MR) is 158 cm³/mol. The molecule has 0 bridgehead atoms. The first kappa shape index (κ1) is 27.1. The summed E-state index contributed by atoms with van der Waals surface area (Å²) in [6.45, 7) is 8.19. The number of carbonyl (C=O) groups is 1. The number of aromatic nitrogens is 3. The molecule has 1 amide bonds. The van der Waals surface area contributed by atoms with Gasteiger partial charge in [0.1, 0.15) is 23.5 Å². The number of fused-ring (bicyclic) bond motifs is 2. The van der Waals surface area contributed by atoms with Crippen LogP contribution in [0, 0.1) is 5.92 Å². The van der Waals surface area contributed by atoms with Gasteiger partial charge in [0.05, 0.1) is 22.5 Å². The normalized spacial score (nSPS) is 21.6. The molecule has 1 aliphatic heterocycles. The van der Waals surface area contributed by atoms with Crippen molar-refractivity contribution >= 4 is 50.2 Å². The summed E-state index contributed by atoms with van der Waals surface area (Å²) >= 11 is 1.53. The second-order valence-electron chi connectivity index (χ2n) is 11.1. The predicted octanol–water partition coefficient (Wildman–Crippen LogP) is 4.13. The van der Waals surface area contributed by atoms with Crippen molar-refractivity contribution in [3.8, 4) is 0 Å². The number of nitrogens with one attached hydrogen (secondary N) is 2. The van der Waals surface area contributed by atoms with Gasteiger partial charge in [0.25, 0.3) is 0 Å². The Labute approximate surface area is 238 Å². The van der Waals surface area contributed by atoms with Gasteiger partial charge in [-0.25, -0.2) is 15.0 Å². The summed E-state index contributed by atoms with van der Waals surface area (Å²) in [5.74, 6) is 1.77. The van der Waals surface area contributed by atoms with Crippen LogP contribution in [-0.2, 0) is 20.7 Å². The Bertz CT molecular complexity index is 1410. The number of anilines is 3. The molecule has 2 aliphatic carbocycles. The van der Waals surface area contributed by atoms with Crippen LogP contribution in [0.5, 0.6) is 0 Å². The molecule has 1 aromatic carbocycles. The fourth-order valence-electron chi connectivity index (χ4n) is 5.19. The molecule has 1 atom stereocenters. The number of carbonyl (C=O) groups excluding carboxylic acids is 1. The van der Waals surface area contributed by atoms with Crippen LogP contribution in [0.1, 0.15) is 37.4 Å². The topological polar surface area (TPSA) is 105 Å². The molecular weight excluding hydrogens is 526 g/mol. The average molecular weight is 564 g/mol.